The molecule has 0 saturated carbocycles. The van der Waals surface area contributed by atoms with Crippen LogP contribution >= 0.6 is 0 Å². The van der Waals surface area contributed by atoms with Crippen LogP contribution in [0.25, 0.3) is 0 Å². The van der Waals surface area contributed by atoms with Gasteiger partial charge in [-0.1, -0.05) is 0 Å². The van der Waals surface area contributed by atoms with Gasteiger partial charge < -0.3 is 0 Å². The zero-order valence-corrected chi connectivity index (χ0v) is 13.8. The van der Waals surface area contributed by atoms with E-state index in [0.29, 0.717) is 0 Å². The first kappa shape index (κ1) is 24.1. The van der Waals surface area contributed by atoms with Gasteiger partial charge in [0.15, 0.2) is 0 Å². The van der Waals surface area contributed by atoms with Crippen LogP contribution in [0, 0.1) is 35.6 Å². The van der Waals surface area contributed by atoms with Crippen LogP contribution in [0.4, 0.5) is 0 Å². The van der Waals surface area contributed by atoms with Gasteiger partial charge in [0, 0.05) is 128 Å². The summed E-state index contributed by atoms with van der Waals surface area (Å²) in [4.78, 5) is 0. The Labute approximate surface area is 125 Å². The van der Waals surface area contributed by atoms with E-state index < -0.39 is 0 Å². The van der Waals surface area contributed by atoms with Crippen molar-refractivity contribution in [1.29, 1.82) is 0 Å². The maximum Gasteiger partial charge on any atom is 0 e. The summed E-state index contributed by atoms with van der Waals surface area (Å²) < 4.78 is 0. The van der Waals surface area contributed by atoms with Crippen LogP contribution in [-0.4, -0.2) is 51.4 Å². The van der Waals surface area contributed by atoms with Gasteiger partial charge in [-0.15, -0.1) is 0 Å². The molecule has 0 rings (SSSR count). The summed E-state index contributed by atoms with van der Waals surface area (Å²) in [5, 5.41) is 0. The van der Waals surface area contributed by atoms with Crippen molar-refractivity contribution in [3.63, 3.8) is 0 Å². The summed E-state index contributed by atoms with van der Waals surface area (Å²) in [7, 11) is 0. The quantitative estimate of drug-likeness (QED) is 0.433. The van der Waals surface area contributed by atoms with Crippen molar-refractivity contribution in [2.75, 3.05) is 0 Å². The van der Waals surface area contributed by atoms with Crippen LogP contribution < -0.4 is 0 Å². The first-order valence-corrected chi connectivity index (χ1v) is 0. The van der Waals surface area contributed by atoms with Crippen LogP contribution in [-0.2, 0) is 41.5 Å². The van der Waals surface area contributed by atoms with Crippen molar-refractivity contribution >= 4 is 51.4 Å². The fraction of sp³-hybridized carbons (Fsp3) is 0. The summed E-state index contributed by atoms with van der Waals surface area (Å²) in [6.07, 6.45) is 0. The van der Waals surface area contributed by atoms with Crippen molar-refractivity contribution < 1.29 is 77.1 Å². The van der Waals surface area contributed by atoms with Crippen LogP contribution in [0.2, 0.25) is 0 Å². The topological polar surface area (TPSA) is 0 Å². The summed E-state index contributed by atoms with van der Waals surface area (Å²) in [5.41, 5.74) is 0. The first-order valence-electron chi connectivity index (χ1n) is 0. The minimum absolute atomic E-state index is 0. The second kappa shape index (κ2) is 15.7. The monoisotopic (exact) mass is 463 g/mol. The normalized spacial score (nSPS) is 0. The van der Waals surface area contributed by atoms with Crippen LogP contribution in [0.15, 0.2) is 0 Å². The van der Waals surface area contributed by atoms with Gasteiger partial charge in [0.1, 0.15) is 0 Å². The molecule has 0 aromatic heterocycles. The smallest absolute Gasteiger partial charge is 0 e. The summed E-state index contributed by atoms with van der Waals surface area (Å²) in [6, 6.07) is 0. The maximum atomic E-state index is 0. The van der Waals surface area contributed by atoms with E-state index in [0.717, 1.165) is 0 Å². The van der Waals surface area contributed by atoms with Gasteiger partial charge in [-0.3, -0.25) is 0 Å². The molecule has 0 aromatic carbocycles. The molecule has 0 bridgehead atoms. The Hall–Kier alpha value is 4.18. The van der Waals surface area contributed by atoms with Crippen LogP contribution in [0.1, 0.15) is 0 Å². The van der Waals surface area contributed by atoms with E-state index in [1.54, 1.807) is 0 Å². The molecule has 4 heavy (non-hydrogen) atoms. The van der Waals surface area contributed by atoms with Gasteiger partial charge in [-0.05, 0) is 0 Å². The van der Waals surface area contributed by atoms with Gasteiger partial charge >= 0.3 is 0 Å². The second-order valence-electron chi connectivity index (χ2n) is 0. The number of rotatable bonds is 0. The maximum absolute atomic E-state index is 0. The van der Waals surface area contributed by atoms with E-state index in [1.165, 1.54) is 0 Å². The zero-order valence-electron chi connectivity index (χ0n) is 2.36. The molecule has 4 heteroatoms. The third kappa shape index (κ3) is 9.49. The van der Waals surface area contributed by atoms with E-state index in [2.05, 4.69) is 0 Å². The van der Waals surface area contributed by atoms with Crippen molar-refractivity contribution in [2.24, 2.45) is 0 Å². The molecule has 0 aliphatic heterocycles. The minimum atomic E-state index is 0. The van der Waals surface area contributed by atoms with Crippen molar-refractivity contribution in [3.05, 3.63) is 0 Å². The Morgan fingerprint density at radius 1 is 1.00 bits per heavy atom. The fourth-order valence-electron chi connectivity index (χ4n) is 0. The molecular formula is KLaMoRe. The van der Waals surface area contributed by atoms with Gasteiger partial charge in [0.2, 0.25) is 0 Å². The molecule has 0 unspecified atom stereocenters. The molecular weight excluding hydrogens is 460 g/mol. The van der Waals surface area contributed by atoms with Gasteiger partial charge in [-0.2, -0.15) is 0 Å². The van der Waals surface area contributed by atoms with E-state index in [-0.39, 0.29) is 128 Å². The SMILES string of the molecule is [K].[La].[Mo].[Re]. The molecule has 0 nitrogen and oxygen atoms in total. The molecule has 0 saturated heterocycles. The largest absolute Gasteiger partial charge is 0 e. The van der Waals surface area contributed by atoms with Gasteiger partial charge in [-0.25, -0.2) is 0 Å². The van der Waals surface area contributed by atoms with Crippen molar-refractivity contribution in [2.45, 2.75) is 0 Å². The Morgan fingerprint density at radius 3 is 1.00 bits per heavy atom. The predicted octanol–water partition coefficient (Wildman–Crippen LogP) is -0.386. The van der Waals surface area contributed by atoms with E-state index >= 15 is 0 Å². The molecule has 0 aliphatic carbocycles. The third-order valence-electron chi connectivity index (χ3n) is 0. The molecule has 0 fully saturated rings. The Kier molecular flexibility index (Phi) is 94.7. The molecule has 17 valence electrons. The Morgan fingerprint density at radius 2 is 1.00 bits per heavy atom. The minimum Gasteiger partial charge on any atom is 0 e. The standard InChI is InChI=1S/K.La.Mo.Re. The average molecular weight is 460 g/mol. The second-order valence-corrected chi connectivity index (χ2v) is 0. The molecule has 0 aromatic rings. The summed E-state index contributed by atoms with van der Waals surface area (Å²) >= 11 is 0. The summed E-state index contributed by atoms with van der Waals surface area (Å²) in [5.74, 6) is 0. The van der Waals surface area contributed by atoms with E-state index in [1.807, 2.05) is 0 Å². The molecule has 0 heterocycles. The average Bonchev–Trinajstić information content (AvgIpc) is 0. The van der Waals surface area contributed by atoms with Crippen LogP contribution in [0.5, 0.6) is 0 Å². The first-order chi connectivity index (χ1) is 0. The molecule has 0 aliphatic rings. The molecule has 3 radical (unpaired) electrons. The van der Waals surface area contributed by atoms with E-state index in [9.17, 15) is 0 Å². The zero-order chi connectivity index (χ0) is 0. The third-order valence-corrected chi connectivity index (χ3v) is 0. The Bertz CT molecular complexity index is 8.00. The van der Waals surface area contributed by atoms with Crippen LogP contribution in [0.3, 0.4) is 0 Å². The molecule has 0 spiro atoms. The number of hydrogen-bond donors (Lipinski definition) is 0. The molecule has 0 N–H and O–H groups in total. The number of hydrogen-bond acceptors (Lipinski definition) is 0. The Balaban J connectivity index is 0. The predicted molar refractivity (Wildman–Crippen MR) is 5.75 cm³/mol. The molecule has 0 amide bonds. The summed E-state index contributed by atoms with van der Waals surface area (Å²) in [6.45, 7) is 0. The van der Waals surface area contributed by atoms with Gasteiger partial charge in [0.25, 0.3) is 0 Å². The van der Waals surface area contributed by atoms with Crippen molar-refractivity contribution in [1.82, 2.24) is 0 Å². The fourth-order valence-corrected chi connectivity index (χ4v) is 0. The van der Waals surface area contributed by atoms with E-state index in [4.69, 9.17) is 0 Å². The molecule has 0 atom stereocenters. The van der Waals surface area contributed by atoms with Crippen molar-refractivity contribution in [3.8, 4) is 0 Å². The van der Waals surface area contributed by atoms with Gasteiger partial charge in [0.05, 0.1) is 0 Å².